The molecule has 144 valence electrons. The standard InChI is InChI=1S/C21H19Cl2N3O2/c1-2-11-26(20(27)10-7-14-5-3-4-6-17(14)23)13-19-24-18-12-15(22)8-9-16(18)21(28)25-19/h3-10,12H,2,11,13H2,1H3,(H,24,25,28)/b10-7+. The van der Waals surface area contributed by atoms with E-state index in [1.165, 1.54) is 6.08 Å². The largest absolute Gasteiger partial charge is 0.332 e. The number of hydrogen-bond acceptors (Lipinski definition) is 3. The molecule has 0 aliphatic heterocycles. The van der Waals surface area contributed by atoms with Crippen LogP contribution in [0.3, 0.4) is 0 Å². The molecule has 1 aromatic heterocycles. The van der Waals surface area contributed by atoms with Crippen molar-refractivity contribution < 1.29 is 4.79 Å². The summed E-state index contributed by atoms with van der Waals surface area (Å²) in [6.45, 7) is 2.70. The number of carbonyl (C=O) groups is 1. The van der Waals surface area contributed by atoms with Crippen molar-refractivity contribution in [3.8, 4) is 0 Å². The number of H-pyrrole nitrogens is 1. The molecule has 28 heavy (non-hydrogen) atoms. The quantitative estimate of drug-likeness (QED) is 0.594. The molecule has 7 heteroatoms. The van der Waals surface area contributed by atoms with Gasteiger partial charge in [-0.3, -0.25) is 9.59 Å². The van der Waals surface area contributed by atoms with Gasteiger partial charge in [-0.25, -0.2) is 4.98 Å². The van der Waals surface area contributed by atoms with E-state index in [0.29, 0.717) is 33.3 Å². The van der Waals surface area contributed by atoms with E-state index in [4.69, 9.17) is 23.2 Å². The molecule has 0 saturated carbocycles. The van der Waals surface area contributed by atoms with Crippen molar-refractivity contribution in [1.82, 2.24) is 14.9 Å². The van der Waals surface area contributed by atoms with Crippen LogP contribution in [-0.2, 0) is 11.3 Å². The zero-order valence-corrected chi connectivity index (χ0v) is 16.8. The van der Waals surface area contributed by atoms with E-state index >= 15 is 0 Å². The monoisotopic (exact) mass is 415 g/mol. The first-order chi connectivity index (χ1) is 13.5. The van der Waals surface area contributed by atoms with Crippen molar-refractivity contribution in [2.75, 3.05) is 6.54 Å². The molecule has 0 aliphatic rings. The van der Waals surface area contributed by atoms with Gasteiger partial charge in [0.15, 0.2) is 0 Å². The van der Waals surface area contributed by atoms with Gasteiger partial charge in [0, 0.05) is 22.7 Å². The molecule has 3 aromatic rings. The van der Waals surface area contributed by atoms with E-state index in [0.717, 1.165) is 12.0 Å². The van der Waals surface area contributed by atoms with Crippen molar-refractivity contribution in [3.63, 3.8) is 0 Å². The summed E-state index contributed by atoms with van der Waals surface area (Å²) in [7, 11) is 0. The van der Waals surface area contributed by atoms with Crippen LogP contribution in [0.2, 0.25) is 10.0 Å². The average Bonchev–Trinajstić information content (AvgIpc) is 2.66. The number of rotatable bonds is 6. The summed E-state index contributed by atoms with van der Waals surface area (Å²) >= 11 is 12.1. The topological polar surface area (TPSA) is 66.1 Å². The molecule has 0 saturated heterocycles. The Morgan fingerprint density at radius 1 is 1.21 bits per heavy atom. The first kappa shape index (κ1) is 20.1. The maximum absolute atomic E-state index is 12.7. The summed E-state index contributed by atoms with van der Waals surface area (Å²) in [5, 5.41) is 1.53. The number of benzene rings is 2. The molecule has 0 spiro atoms. The molecule has 0 bridgehead atoms. The average molecular weight is 416 g/mol. The number of carbonyl (C=O) groups excluding carboxylic acids is 1. The van der Waals surface area contributed by atoms with Gasteiger partial charge in [-0.15, -0.1) is 0 Å². The third-order valence-electron chi connectivity index (χ3n) is 4.17. The minimum absolute atomic E-state index is 0.185. The Balaban J connectivity index is 1.84. The lowest BCUT2D eigenvalue weighted by molar-refractivity contribution is -0.126. The summed E-state index contributed by atoms with van der Waals surface area (Å²) in [6.07, 6.45) is 3.94. The number of nitrogens with zero attached hydrogens (tertiary/aromatic N) is 2. The molecule has 3 rings (SSSR count). The molecule has 0 radical (unpaired) electrons. The van der Waals surface area contributed by atoms with Gasteiger partial charge in [0.05, 0.1) is 17.4 Å². The smallest absolute Gasteiger partial charge is 0.258 e. The maximum Gasteiger partial charge on any atom is 0.258 e. The highest BCUT2D eigenvalue weighted by molar-refractivity contribution is 6.32. The van der Waals surface area contributed by atoms with E-state index in [9.17, 15) is 9.59 Å². The Labute approximate surface area is 172 Å². The lowest BCUT2D eigenvalue weighted by atomic mass is 10.2. The van der Waals surface area contributed by atoms with E-state index in [2.05, 4.69) is 9.97 Å². The number of aromatic nitrogens is 2. The van der Waals surface area contributed by atoms with Crippen LogP contribution in [0, 0.1) is 0 Å². The third kappa shape index (κ3) is 4.80. The van der Waals surface area contributed by atoms with Crippen LogP contribution in [0.1, 0.15) is 24.7 Å². The van der Waals surface area contributed by atoms with Crippen molar-refractivity contribution in [2.24, 2.45) is 0 Å². The molecule has 0 fully saturated rings. The minimum atomic E-state index is -0.257. The van der Waals surface area contributed by atoms with Gasteiger partial charge in [-0.1, -0.05) is 48.3 Å². The second-order valence-corrected chi connectivity index (χ2v) is 7.13. The van der Waals surface area contributed by atoms with Crippen LogP contribution in [0.25, 0.3) is 17.0 Å². The summed E-state index contributed by atoms with van der Waals surface area (Å²) in [6, 6.07) is 12.2. The van der Waals surface area contributed by atoms with Crippen LogP contribution in [0.4, 0.5) is 0 Å². The van der Waals surface area contributed by atoms with E-state index in [-0.39, 0.29) is 18.0 Å². The SMILES string of the molecule is CCCN(Cc1nc2cc(Cl)ccc2c(=O)[nH]1)C(=O)/C=C/c1ccccc1Cl. The zero-order chi connectivity index (χ0) is 20.1. The molecule has 5 nitrogen and oxygen atoms in total. The molecule has 0 aliphatic carbocycles. The van der Waals surface area contributed by atoms with Crippen molar-refractivity contribution in [3.05, 3.63) is 80.3 Å². The molecule has 1 N–H and O–H groups in total. The molecule has 1 amide bonds. The lowest BCUT2D eigenvalue weighted by Crippen LogP contribution is -2.31. The van der Waals surface area contributed by atoms with Crippen LogP contribution in [0.15, 0.2) is 53.3 Å². The summed E-state index contributed by atoms with van der Waals surface area (Å²) < 4.78 is 0. The fourth-order valence-corrected chi connectivity index (χ4v) is 3.20. The van der Waals surface area contributed by atoms with Gasteiger partial charge in [0.25, 0.3) is 5.56 Å². The minimum Gasteiger partial charge on any atom is -0.332 e. The number of fused-ring (bicyclic) bond motifs is 1. The predicted molar refractivity (Wildman–Crippen MR) is 114 cm³/mol. The van der Waals surface area contributed by atoms with Gasteiger partial charge in [0.1, 0.15) is 5.82 Å². The van der Waals surface area contributed by atoms with Gasteiger partial charge in [0.2, 0.25) is 5.91 Å². The van der Waals surface area contributed by atoms with Crippen LogP contribution in [-0.4, -0.2) is 27.3 Å². The molecule has 2 aromatic carbocycles. The molecule has 1 heterocycles. The molecular weight excluding hydrogens is 397 g/mol. The van der Waals surface area contributed by atoms with Crippen molar-refractivity contribution in [1.29, 1.82) is 0 Å². The van der Waals surface area contributed by atoms with Crippen molar-refractivity contribution in [2.45, 2.75) is 19.9 Å². The first-order valence-corrected chi connectivity index (χ1v) is 9.63. The van der Waals surface area contributed by atoms with Gasteiger partial charge >= 0.3 is 0 Å². The molecular formula is C21H19Cl2N3O2. The fourth-order valence-electron chi connectivity index (χ4n) is 2.83. The van der Waals surface area contributed by atoms with Crippen LogP contribution in [0.5, 0.6) is 0 Å². The number of hydrogen-bond donors (Lipinski definition) is 1. The van der Waals surface area contributed by atoms with Gasteiger partial charge < -0.3 is 9.88 Å². The Hall–Kier alpha value is -2.63. The Morgan fingerprint density at radius 2 is 2.00 bits per heavy atom. The predicted octanol–water partition coefficient (Wildman–Crippen LogP) is 4.68. The highest BCUT2D eigenvalue weighted by Crippen LogP contribution is 2.17. The van der Waals surface area contributed by atoms with E-state index in [1.54, 1.807) is 35.2 Å². The normalized spacial score (nSPS) is 11.2. The number of aromatic amines is 1. The number of amides is 1. The summed E-state index contributed by atoms with van der Waals surface area (Å²) in [5.74, 6) is 0.225. The van der Waals surface area contributed by atoms with Crippen LogP contribution >= 0.6 is 23.2 Å². The lowest BCUT2D eigenvalue weighted by Gasteiger charge is -2.20. The Bertz CT molecular complexity index is 1090. The highest BCUT2D eigenvalue weighted by Gasteiger charge is 2.13. The molecule has 0 unspecified atom stereocenters. The van der Waals surface area contributed by atoms with E-state index in [1.807, 2.05) is 25.1 Å². The third-order valence-corrected chi connectivity index (χ3v) is 4.75. The molecule has 0 atom stereocenters. The second-order valence-electron chi connectivity index (χ2n) is 6.29. The Morgan fingerprint density at radius 3 is 2.75 bits per heavy atom. The zero-order valence-electron chi connectivity index (χ0n) is 15.3. The van der Waals surface area contributed by atoms with E-state index < -0.39 is 0 Å². The first-order valence-electron chi connectivity index (χ1n) is 8.88. The number of nitrogens with one attached hydrogen (secondary N) is 1. The number of halogens is 2. The van der Waals surface area contributed by atoms with Crippen LogP contribution < -0.4 is 5.56 Å². The summed E-state index contributed by atoms with van der Waals surface area (Å²) in [5.41, 5.74) is 1.01. The Kier molecular flexibility index (Phi) is 6.49. The van der Waals surface area contributed by atoms with Gasteiger partial charge in [-0.2, -0.15) is 0 Å². The second kappa shape index (κ2) is 9.04. The fraction of sp³-hybridized carbons (Fsp3) is 0.190. The van der Waals surface area contributed by atoms with Gasteiger partial charge in [-0.05, 0) is 42.3 Å². The van der Waals surface area contributed by atoms with Crippen molar-refractivity contribution >= 4 is 46.1 Å². The maximum atomic E-state index is 12.7. The summed E-state index contributed by atoms with van der Waals surface area (Å²) in [4.78, 5) is 33.8. The highest BCUT2D eigenvalue weighted by atomic mass is 35.5.